The number of aryl methyl sites for hydroxylation is 2. The number of aliphatic hydroxyl groups is 1. The first-order chi connectivity index (χ1) is 14.3. The van der Waals surface area contributed by atoms with Crippen LogP contribution in [-0.4, -0.2) is 16.7 Å². The van der Waals surface area contributed by atoms with Crippen molar-refractivity contribution in [2.45, 2.75) is 90.3 Å². The zero-order valence-electron chi connectivity index (χ0n) is 18.9. The van der Waals surface area contributed by atoms with E-state index in [1.54, 1.807) is 0 Å². The molecule has 0 bridgehead atoms. The lowest BCUT2D eigenvalue weighted by molar-refractivity contribution is -0.157. The lowest BCUT2D eigenvalue weighted by Crippen LogP contribution is -2.25. The second kappa shape index (κ2) is 12.5. The van der Waals surface area contributed by atoms with E-state index < -0.39 is 11.7 Å². The molecule has 0 aromatic heterocycles. The van der Waals surface area contributed by atoms with Crippen LogP contribution in [0.1, 0.15) is 88.5 Å². The highest BCUT2D eigenvalue weighted by Crippen LogP contribution is 2.24. The molecule has 0 amide bonds. The van der Waals surface area contributed by atoms with Gasteiger partial charge in [-0.15, -0.1) is 0 Å². The van der Waals surface area contributed by atoms with E-state index in [0.717, 1.165) is 24.0 Å². The van der Waals surface area contributed by atoms with Crippen LogP contribution in [0.25, 0.3) is 0 Å². The Kier molecular flexibility index (Phi) is 10.1. The minimum Gasteiger partial charge on any atom is -0.460 e. The summed E-state index contributed by atoms with van der Waals surface area (Å²) in [6, 6.07) is 18.6. The largest absolute Gasteiger partial charge is 0.460 e. The molecular weight excluding hydrogens is 372 g/mol. The number of unbranched alkanes of at least 4 members (excludes halogenated alkanes) is 5. The molecule has 0 fully saturated rings. The minimum atomic E-state index is -0.811. The Hall–Kier alpha value is -2.13. The van der Waals surface area contributed by atoms with Crippen LogP contribution in [0.4, 0.5) is 0 Å². The van der Waals surface area contributed by atoms with Crippen LogP contribution in [0, 0.1) is 0 Å². The Morgan fingerprint density at radius 1 is 0.833 bits per heavy atom. The smallest absolute Gasteiger partial charge is 0.309 e. The molecular formula is C27H38O3. The summed E-state index contributed by atoms with van der Waals surface area (Å²) in [6.45, 7) is 5.52. The lowest BCUT2D eigenvalue weighted by atomic mass is 9.95. The van der Waals surface area contributed by atoms with Gasteiger partial charge in [0.15, 0.2) is 0 Å². The van der Waals surface area contributed by atoms with Crippen molar-refractivity contribution in [3.8, 4) is 0 Å². The maximum atomic E-state index is 12.0. The van der Waals surface area contributed by atoms with E-state index in [2.05, 4.69) is 36.4 Å². The van der Waals surface area contributed by atoms with Gasteiger partial charge in [-0.25, -0.2) is 0 Å². The fraction of sp³-hybridized carbons (Fsp3) is 0.519. The topological polar surface area (TPSA) is 46.5 Å². The number of hydrogen-bond acceptors (Lipinski definition) is 3. The highest BCUT2D eigenvalue weighted by Gasteiger charge is 2.21. The molecule has 0 saturated carbocycles. The van der Waals surface area contributed by atoms with Gasteiger partial charge in [-0.1, -0.05) is 80.3 Å². The molecule has 2 aromatic rings. The van der Waals surface area contributed by atoms with Crippen LogP contribution in [-0.2, 0) is 22.4 Å². The van der Waals surface area contributed by atoms with Crippen molar-refractivity contribution in [3.63, 3.8) is 0 Å². The first kappa shape index (κ1) is 24.1. The molecule has 1 unspecified atom stereocenters. The van der Waals surface area contributed by atoms with Crippen molar-refractivity contribution in [2.75, 3.05) is 0 Å². The van der Waals surface area contributed by atoms with Crippen LogP contribution in [0.5, 0.6) is 0 Å². The number of aliphatic hydroxyl groups excluding tert-OH is 1. The quantitative estimate of drug-likeness (QED) is 0.318. The van der Waals surface area contributed by atoms with Crippen molar-refractivity contribution < 1.29 is 14.6 Å². The van der Waals surface area contributed by atoms with Gasteiger partial charge in [0.05, 0.1) is 12.5 Å². The summed E-state index contributed by atoms with van der Waals surface area (Å²) in [4.78, 5) is 12.0. The highest BCUT2D eigenvalue weighted by molar-refractivity contribution is 5.70. The second-order valence-electron chi connectivity index (χ2n) is 9.11. The molecule has 3 heteroatoms. The van der Waals surface area contributed by atoms with Crippen molar-refractivity contribution >= 4 is 5.97 Å². The first-order valence-electron chi connectivity index (χ1n) is 11.4. The van der Waals surface area contributed by atoms with E-state index in [4.69, 9.17) is 4.74 Å². The fourth-order valence-electron chi connectivity index (χ4n) is 3.73. The number of esters is 1. The predicted molar refractivity (Wildman–Crippen MR) is 123 cm³/mol. The van der Waals surface area contributed by atoms with E-state index in [1.165, 1.54) is 44.1 Å². The second-order valence-corrected chi connectivity index (χ2v) is 9.11. The summed E-state index contributed by atoms with van der Waals surface area (Å²) in [5.41, 5.74) is 2.89. The third-order valence-corrected chi connectivity index (χ3v) is 5.20. The maximum Gasteiger partial charge on any atom is 0.309 e. The number of carbonyl (C=O) groups is 1. The van der Waals surface area contributed by atoms with Gasteiger partial charge < -0.3 is 9.84 Å². The van der Waals surface area contributed by atoms with Gasteiger partial charge in [0.25, 0.3) is 0 Å². The number of ether oxygens (including phenoxy) is 1. The van der Waals surface area contributed by atoms with Gasteiger partial charge >= 0.3 is 5.97 Å². The van der Waals surface area contributed by atoms with Crippen molar-refractivity contribution in [3.05, 3.63) is 71.3 Å². The van der Waals surface area contributed by atoms with Crippen molar-refractivity contribution in [1.82, 2.24) is 0 Å². The molecule has 3 nitrogen and oxygen atoms in total. The molecule has 0 spiro atoms. The molecule has 30 heavy (non-hydrogen) atoms. The van der Waals surface area contributed by atoms with Crippen LogP contribution in [0.15, 0.2) is 54.6 Å². The van der Waals surface area contributed by atoms with E-state index in [0.29, 0.717) is 0 Å². The lowest BCUT2D eigenvalue weighted by Gasteiger charge is -2.21. The van der Waals surface area contributed by atoms with Crippen LogP contribution >= 0.6 is 0 Å². The average Bonchev–Trinajstić information content (AvgIpc) is 2.69. The van der Waals surface area contributed by atoms with Crippen molar-refractivity contribution in [1.29, 1.82) is 0 Å². The van der Waals surface area contributed by atoms with E-state index in [9.17, 15) is 9.90 Å². The standard InChI is InChI=1S/C27H38O3/c1-27(2,3)30-26(29)21-25(28)24-20-14-13-19-23(24)18-12-7-5-4-6-9-15-22-16-10-8-11-17-22/h8,10-11,13-14,16-17,19-20,25,28H,4-7,9,12,15,18,21H2,1-3H3. The summed E-state index contributed by atoms with van der Waals surface area (Å²) in [7, 11) is 0. The molecule has 0 aliphatic carbocycles. The SMILES string of the molecule is CC(C)(C)OC(=O)CC(O)c1ccccc1CCCCCCCCc1ccccc1. The Balaban J connectivity index is 1.67. The Bertz CT molecular complexity index is 746. The van der Waals surface area contributed by atoms with Gasteiger partial charge in [0, 0.05) is 0 Å². The molecule has 0 radical (unpaired) electrons. The van der Waals surface area contributed by atoms with Gasteiger partial charge in [-0.05, 0) is 63.1 Å². The Labute approximate surface area is 182 Å². The third-order valence-electron chi connectivity index (χ3n) is 5.20. The molecule has 0 heterocycles. The molecule has 2 aromatic carbocycles. The van der Waals surface area contributed by atoms with E-state index in [-0.39, 0.29) is 12.4 Å². The zero-order chi connectivity index (χ0) is 21.8. The Morgan fingerprint density at radius 2 is 1.40 bits per heavy atom. The molecule has 2 rings (SSSR count). The fourth-order valence-corrected chi connectivity index (χ4v) is 3.73. The van der Waals surface area contributed by atoms with Gasteiger partial charge in [0.1, 0.15) is 5.60 Å². The van der Waals surface area contributed by atoms with Crippen molar-refractivity contribution in [2.24, 2.45) is 0 Å². The molecule has 1 N–H and O–H groups in total. The van der Waals surface area contributed by atoms with E-state index >= 15 is 0 Å². The van der Waals surface area contributed by atoms with E-state index in [1.807, 2.05) is 39.0 Å². The molecule has 0 saturated heterocycles. The zero-order valence-corrected chi connectivity index (χ0v) is 18.9. The normalized spacial score (nSPS) is 12.5. The van der Waals surface area contributed by atoms with Crippen LogP contribution < -0.4 is 0 Å². The first-order valence-corrected chi connectivity index (χ1v) is 11.4. The van der Waals surface area contributed by atoms with Crippen LogP contribution in [0.3, 0.4) is 0 Å². The third kappa shape index (κ3) is 9.58. The predicted octanol–water partition coefficient (Wildman–Crippen LogP) is 6.58. The number of rotatable bonds is 12. The molecule has 0 aliphatic rings. The summed E-state index contributed by atoms with van der Waals surface area (Å²) in [6.07, 6.45) is 8.65. The number of benzene rings is 2. The average molecular weight is 411 g/mol. The molecule has 1 atom stereocenters. The van der Waals surface area contributed by atoms with Gasteiger partial charge in [-0.2, -0.15) is 0 Å². The summed E-state index contributed by atoms with van der Waals surface area (Å²) < 4.78 is 5.34. The van der Waals surface area contributed by atoms with Gasteiger partial charge in [-0.3, -0.25) is 4.79 Å². The Morgan fingerprint density at radius 3 is 2.07 bits per heavy atom. The van der Waals surface area contributed by atoms with Crippen LogP contribution in [0.2, 0.25) is 0 Å². The summed E-state index contributed by atoms with van der Waals surface area (Å²) in [5, 5.41) is 10.6. The number of carbonyl (C=O) groups excluding carboxylic acids is 1. The minimum absolute atomic E-state index is 0.00427. The van der Waals surface area contributed by atoms with Gasteiger partial charge in [0.2, 0.25) is 0 Å². The molecule has 0 aliphatic heterocycles. The highest BCUT2D eigenvalue weighted by atomic mass is 16.6. The maximum absolute atomic E-state index is 12.0. The summed E-state index contributed by atoms with van der Waals surface area (Å²) >= 11 is 0. The molecule has 164 valence electrons. The number of hydrogen-bond donors (Lipinski definition) is 1. The summed E-state index contributed by atoms with van der Waals surface area (Å²) in [5.74, 6) is -0.361. The monoisotopic (exact) mass is 410 g/mol.